The summed E-state index contributed by atoms with van der Waals surface area (Å²) < 4.78 is 0. The fourth-order valence-electron chi connectivity index (χ4n) is 4.04. The Kier molecular flexibility index (Phi) is 4.87. The third-order valence-corrected chi connectivity index (χ3v) is 4.85. The van der Waals surface area contributed by atoms with E-state index in [4.69, 9.17) is 5.73 Å². The van der Waals surface area contributed by atoms with Gasteiger partial charge in [0.25, 0.3) is 0 Å². The van der Waals surface area contributed by atoms with Gasteiger partial charge in [-0.3, -0.25) is 4.90 Å². The van der Waals surface area contributed by atoms with Crippen LogP contribution < -0.4 is 5.73 Å². The SMILES string of the molecule is Cc1cc(C)c(C(C)N2CCCCC2C(C)N)c(C)c1. The number of nitrogens with zero attached hydrogens (tertiary/aromatic N) is 1. The zero-order valence-corrected chi connectivity index (χ0v) is 13.7. The molecule has 2 heteroatoms. The van der Waals surface area contributed by atoms with Crippen LogP contribution in [0.3, 0.4) is 0 Å². The molecule has 20 heavy (non-hydrogen) atoms. The van der Waals surface area contributed by atoms with Gasteiger partial charge in [0, 0.05) is 18.1 Å². The molecule has 0 amide bonds. The second-order valence-corrected chi connectivity index (χ2v) is 6.65. The Morgan fingerprint density at radius 2 is 1.70 bits per heavy atom. The fraction of sp³-hybridized carbons (Fsp3) is 0.667. The van der Waals surface area contributed by atoms with Crippen LogP contribution in [0.15, 0.2) is 12.1 Å². The summed E-state index contributed by atoms with van der Waals surface area (Å²) in [4.78, 5) is 2.64. The van der Waals surface area contributed by atoms with E-state index in [1.807, 2.05) is 0 Å². The van der Waals surface area contributed by atoms with Gasteiger partial charge >= 0.3 is 0 Å². The molecule has 1 aromatic carbocycles. The first kappa shape index (κ1) is 15.5. The molecular weight excluding hydrogens is 244 g/mol. The van der Waals surface area contributed by atoms with Crippen molar-refractivity contribution in [3.05, 3.63) is 34.4 Å². The lowest BCUT2D eigenvalue weighted by atomic mass is 9.89. The Balaban J connectivity index is 2.32. The summed E-state index contributed by atoms with van der Waals surface area (Å²) in [5.41, 5.74) is 11.9. The molecule has 1 saturated heterocycles. The smallest absolute Gasteiger partial charge is 0.0328 e. The van der Waals surface area contributed by atoms with Gasteiger partial charge in [-0.25, -0.2) is 0 Å². The Morgan fingerprint density at radius 3 is 2.25 bits per heavy atom. The van der Waals surface area contributed by atoms with E-state index >= 15 is 0 Å². The van der Waals surface area contributed by atoms with Crippen LogP contribution in [0.2, 0.25) is 0 Å². The zero-order valence-electron chi connectivity index (χ0n) is 13.7. The topological polar surface area (TPSA) is 29.3 Å². The van der Waals surface area contributed by atoms with E-state index in [1.54, 1.807) is 0 Å². The number of aryl methyl sites for hydroxylation is 3. The van der Waals surface area contributed by atoms with Crippen molar-refractivity contribution in [1.82, 2.24) is 4.90 Å². The highest BCUT2D eigenvalue weighted by Gasteiger charge is 2.30. The van der Waals surface area contributed by atoms with Crippen molar-refractivity contribution in [2.24, 2.45) is 5.73 Å². The highest BCUT2D eigenvalue weighted by molar-refractivity contribution is 5.39. The summed E-state index contributed by atoms with van der Waals surface area (Å²) in [7, 11) is 0. The quantitative estimate of drug-likeness (QED) is 0.906. The van der Waals surface area contributed by atoms with Crippen molar-refractivity contribution in [1.29, 1.82) is 0 Å². The summed E-state index contributed by atoms with van der Waals surface area (Å²) >= 11 is 0. The van der Waals surface area contributed by atoms with Crippen LogP contribution in [-0.2, 0) is 0 Å². The van der Waals surface area contributed by atoms with Gasteiger partial charge < -0.3 is 5.73 Å². The zero-order chi connectivity index (χ0) is 14.9. The third-order valence-electron chi connectivity index (χ3n) is 4.85. The second kappa shape index (κ2) is 6.28. The minimum atomic E-state index is 0.254. The predicted molar refractivity (Wildman–Crippen MR) is 87.1 cm³/mol. The van der Waals surface area contributed by atoms with E-state index in [0.717, 1.165) is 0 Å². The minimum Gasteiger partial charge on any atom is -0.327 e. The lowest BCUT2D eigenvalue weighted by Crippen LogP contribution is -2.50. The molecular formula is C18H30N2. The normalized spacial score (nSPS) is 23.6. The van der Waals surface area contributed by atoms with Crippen molar-refractivity contribution < 1.29 is 0 Å². The fourth-order valence-corrected chi connectivity index (χ4v) is 4.04. The maximum atomic E-state index is 6.23. The monoisotopic (exact) mass is 274 g/mol. The molecule has 2 rings (SSSR count). The molecule has 112 valence electrons. The van der Waals surface area contributed by atoms with Crippen molar-refractivity contribution in [2.45, 2.75) is 72.0 Å². The van der Waals surface area contributed by atoms with E-state index < -0.39 is 0 Å². The molecule has 2 nitrogen and oxygen atoms in total. The standard InChI is InChI=1S/C18H30N2/c1-12-10-13(2)18(14(3)11-12)16(5)20-9-7-6-8-17(20)15(4)19/h10-11,15-17H,6-9,19H2,1-5H3. The average Bonchev–Trinajstić information content (AvgIpc) is 2.37. The molecule has 1 aliphatic heterocycles. The largest absolute Gasteiger partial charge is 0.327 e. The van der Waals surface area contributed by atoms with Gasteiger partial charge in [-0.05, 0) is 70.7 Å². The average molecular weight is 274 g/mol. The molecule has 0 aliphatic carbocycles. The van der Waals surface area contributed by atoms with E-state index in [0.29, 0.717) is 12.1 Å². The van der Waals surface area contributed by atoms with Crippen LogP contribution in [0.5, 0.6) is 0 Å². The van der Waals surface area contributed by atoms with Gasteiger partial charge in [0.2, 0.25) is 0 Å². The van der Waals surface area contributed by atoms with Crippen LogP contribution in [-0.4, -0.2) is 23.5 Å². The molecule has 0 radical (unpaired) electrons. The lowest BCUT2D eigenvalue weighted by Gasteiger charge is -2.42. The number of likely N-dealkylation sites (tertiary alicyclic amines) is 1. The predicted octanol–water partition coefficient (Wildman–Crippen LogP) is 3.87. The first-order valence-electron chi connectivity index (χ1n) is 8.01. The summed E-state index contributed by atoms with van der Waals surface area (Å²) in [6.45, 7) is 12.4. The molecule has 1 heterocycles. The summed E-state index contributed by atoms with van der Waals surface area (Å²) in [5, 5.41) is 0. The molecule has 3 unspecified atom stereocenters. The molecule has 0 bridgehead atoms. The van der Waals surface area contributed by atoms with Crippen LogP contribution in [0.1, 0.15) is 61.4 Å². The van der Waals surface area contributed by atoms with E-state index in [2.05, 4.69) is 51.7 Å². The van der Waals surface area contributed by atoms with E-state index in [-0.39, 0.29) is 6.04 Å². The number of nitrogens with two attached hydrogens (primary N) is 1. The van der Waals surface area contributed by atoms with Crippen molar-refractivity contribution in [3.63, 3.8) is 0 Å². The second-order valence-electron chi connectivity index (χ2n) is 6.65. The van der Waals surface area contributed by atoms with Gasteiger partial charge in [0.1, 0.15) is 0 Å². The van der Waals surface area contributed by atoms with Crippen LogP contribution in [0.25, 0.3) is 0 Å². The Bertz CT molecular complexity index is 441. The maximum absolute atomic E-state index is 6.23. The van der Waals surface area contributed by atoms with Crippen LogP contribution in [0.4, 0.5) is 0 Å². The molecule has 3 atom stereocenters. The number of benzene rings is 1. The summed E-state index contributed by atoms with van der Waals surface area (Å²) in [6.07, 6.45) is 3.87. The molecule has 1 fully saturated rings. The van der Waals surface area contributed by atoms with Gasteiger partial charge in [-0.15, -0.1) is 0 Å². The highest BCUT2D eigenvalue weighted by atomic mass is 15.2. The molecule has 1 aromatic rings. The van der Waals surface area contributed by atoms with Crippen LogP contribution in [0, 0.1) is 20.8 Å². The first-order valence-corrected chi connectivity index (χ1v) is 8.01. The molecule has 2 N–H and O–H groups in total. The number of hydrogen-bond donors (Lipinski definition) is 1. The maximum Gasteiger partial charge on any atom is 0.0328 e. The molecule has 0 aromatic heterocycles. The Hall–Kier alpha value is -0.860. The Labute approximate surface area is 124 Å². The van der Waals surface area contributed by atoms with E-state index in [1.165, 1.54) is 48.1 Å². The number of hydrogen-bond acceptors (Lipinski definition) is 2. The van der Waals surface area contributed by atoms with Gasteiger partial charge in [-0.2, -0.15) is 0 Å². The van der Waals surface area contributed by atoms with Gasteiger partial charge in [0.15, 0.2) is 0 Å². The van der Waals surface area contributed by atoms with Gasteiger partial charge in [-0.1, -0.05) is 24.1 Å². The molecule has 0 saturated carbocycles. The first-order chi connectivity index (χ1) is 9.41. The van der Waals surface area contributed by atoms with E-state index in [9.17, 15) is 0 Å². The Morgan fingerprint density at radius 1 is 1.10 bits per heavy atom. The molecule has 1 aliphatic rings. The number of rotatable bonds is 3. The van der Waals surface area contributed by atoms with Crippen LogP contribution >= 0.6 is 0 Å². The highest BCUT2D eigenvalue weighted by Crippen LogP contribution is 2.33. The van der Waals surface area contributed by atoms with Crippen molar-refractivity contribution in [3.8, 4) is 0 Å². The molecule has 0 spiro atoms. The summed E-state index contributed by atoms with van der Waals surface area (Å²) in [5.74, 6) is 0. The summed E-state index contributed by atoms with van der Waals surface area (Å²) in [6, 6.07) is 5.86. The van der Waals surface area contributed by atoms with Crippen molar-refractivity contribution >= 4 is 0 Å². The minimum absolute atomic E-state index is 0.254. The van der Waals surface area contributed by atoms with Gasteiger partial charge in [0.05, 0.1) is 0 Å². The lowest BCUT2D eigenvalue weighted by molar-refractivity contribution is 0.0884. The third kappa shape index (κ3) is 3.07. The van der Waals surface area contributed by atoms with Crippen molar-refractivity contribution in [2.75, 3.05) is 6.54 Å². The number of piperidine rings is 1.